The molecule has 0 bridgehead atoms. The first-order valence-electron chi connectivity index (χ1n) is 7.16. The average molecular weight is 292 g/mol. The number of benzene rings is 1. The van der Waals surface area contributed by atoms with Crippen LogP contribution < -0.4 is 0 Å². The average Bonchev–Trinajstić information content (AvgIpc) is 3.04. The molecule has 2 aliphatic carbocycles. The smallest absolute Gasteiger partial charge is 0.191 e. The summed E-state index contributed by atoms with van der Waals surface area (Å²) >= 11 is 0. The summed E-state index contributed by atoms with van der Waals surface area (Å²) in [5, 5.41) is 0. The van der Waals surface area contributed by atoms with Gasteiger partial charge in [0, 0.05) is 6.42 Å². The summed E-state index contributed by atoms with van der Waals surface area (Å²) in [4.78, 5) is 12.7. The molecule has 0 heterocycles. The number of carbonyl (C=O) groups is 1. The first-order valence-corrected chi connectivity index (χ1v) is 8.65. The van der Waals surface area contributed by atoms with Crippen LogP contribution in [0.25, 0.3) is 0 Å². The fraction of sp³-hybridized carbons (Fsp3) is 0.562. The van der Waals surface area contributed by atoms with Gasteiger partial charge in [-0.05, 0) is 57.1 Å². The van der Waals surface area contributed by atoms with Crippen molar-refractivity contribution in [3.8, 4) is 0 Å². The molecule has 2 atom stereocenters. The molecule has 3 nitrogen and oxygen atoms in total. The third-order valence-corrected chi connectivity index (χ3v) is 7.70. The van der Waals surface area contributed by atoms with Gasteiger partial charge < -0.3 is 0 Å². The normalized spacial score (nSPS) is 29.1. The molecule has 0 unspecified atom stereocenters. The van der Waals surface area contributed by atoms with Gasteiger partial charge in [0.15, 0.2) is 15.6 Å². The van der Waals surface area contributed by atoms with Crippen LogP contribution in [-0.2, 0) is 14.6 Å². The maximum atomic E-state index is 13.1. The molecule has 4 heteroatoms. The lowest BCUT2D eigenvalue weighted by atomic mass is 9.99. The topological polar surface area (TPSA) is 51.2 Å². The second-order valence-electron chi connectivity index (χ2n) is 6.34. The molecule has 0 saturated heterocycles. The first-order chi connectivity index (χ1) is 9.30. The van der Waals surface area contributed by atoms with Gasteiger partial charge in [0.05, 0.1) is 4.90 Å². The summed E-state index contributed by atoms with van der Waals surface area (Å²) < 4.78 is 25.1. The van der Waals surface area contributed by atoms with Crippen LogP contribution in [0.1, 0.15) is 42.4 Å². The maximum absolute atomic E-state index is 13.1. The monoisotopic (exact) mass is 292 g/mol. The van der Waals surface area contributed by atoms with Crippen molar-refractivity contribution in [2.75, 3.05) is 0 Å². The quantitative estimate of drug-likeness (QED) is 0.842. The van der Waals surface area contributed by atoms with Crippen molar-refractivity contribution >= 4 is 15.6 Å². The number of carbonyl (C=O) groups excluding carboxylic acids is 1. The van der Waals surface area contributed by atoms with Gasteiger partial charge >= 0.3 is 0 Å². The van der Waals surface area contributed by atoms with Crippen LogP contribution in [0.3, 0.4) is 0 Å². The van der Waals surface area contributed by atoms with E-state index in [1.54, 1.807) is 0 Å². The molecular formula is C16H20O3S. The molecule has 20 heavy (non-hydrogen) atoms. The Balaban J connectivity index is 2.18. The number of ketones is 1. The molecule has 0 spiro atoms. The summed E-state index contributed by atoms with van der Waals surface area (Å²) in [6, 6.07) is 3.78. The van der Waals surface area contributed by atoms with Crippen LogP contribution in [0.5, 0.6) is 0 Å². The van der Waals surface area contributed by atoms with Crippen molar-refractivity contribution in [1.82, 2.24) is 0 Å². The number of aryl methyl sites for hydroxylation is 3. The molecule has 0 radical (unpaired) electrons. The van der Waals surface area contributed by atoms with Crippen molar-refractivity contribution in [1.29, 1.82) is 0 Å². The Morgan fingerprint density at radius 1 is 1.15 bits per heavy atom. The van der Waals surface area contributed by atoms with Crippen molar-refractivity contribution in [3.05, 3.63) is 28.8 Å². The van der Waals surface area contributed by atoms with E-state index in [0.29, 0.717) is 17.7 Å². The standard InChI is InChI=1S/C16H20O3S/c1-10-7-11(2)15(12(3)8-10)20(18,19)16-9-13(16)5-4-6-14(16)17/h7-8,13H,4-6,9H2,1-3H3/t13-,16-/m1/s1. The fourth-order valence-electron chi connectivity index (χ4n) is 3.96. The number of hydrogen-bond acceptors (Lipinski definition) is 3. The van der Waals surface area contributed by atoms with E-state index in [9.17, 15) is 13.2 Å². The fourth-order valence-corrected chi connectivity index (χ4v) is 6.67. The van der Waals surface area contributed by atoms with Gasteiger partial charge in [-0.2, -0.15) is 0 Å². The lowest BCUT2D eigenvalue weighted by Crippen LogP contribution is -2.37. The van der Waals surface area contributed by atoms with Gasteiger partial charge in [0.2, 0.25) is 0 Å². The number of hydrogen-bond donors (Lipinski definition) is 0. The largest absolute Gasteiger partial charge is 0.298 e. The van der Waals surface area contributed by atoms with E-state index in [0.717, 1.165) is 29.5 Å². The lowest BCUT2D eigenvalue weighted by molar-refractivity contribution is -0.120. The third kappa shape index (κ3) is 1.63. The van der Waals surface area contributed by atoms with E-state index in [1.807, 2.05) is 32.9 Å². The maximum Gasteiger partial charge on any atom is 0.191 e. The van der Waals surface area contributed by atoms with Gasteiger partial charge in [-0.1, -0.05) is 17.7 Å². The Kier molecular flexibility index (Phi) is 2.88. The number of rotatable bonds is 2. The van der Waals surface area contributed by atoms with Crippen LogP contribution in [0.2, 0.25) is 0 Å². The zero-order valence-electron chi connectivity index (χ0n) is 12.2. The molecule has 0 amide bonds. The Morgan fingerprint density at radius 3 is 2.30 bits per heavy atom. The molecule has 3 rings (SSSR count). The molecule has 2 fully saturated rings. The van der Waals surface area contributed by atoms with Crippen LogP contribution in [0.4, 0.5) is 0 Å². The van der Waals surface area contributed by atoms with E-state index in [1.165, 1.54) is 0 Å². The summed E-state index contributed by atoms with van der Waals surface area (Å²) in [5.41, 5.74) is 2.58. The van der Waals surface area contributed by atoms with E-state index in [-0.39, 0.29) is 11.7 Å². The molecule has 2 saturated carbocycles. The minimum Gasteiger partial charge on any atom is -0.298 e. The minimum atomic E-state index is -3.56. The SMILES string of the molecule is Cc1cc(C)c(S(=O)(=O)[C@]23C[C@H]2CCCC3=O)c(C)c1. The van der Waals surface area contributed by atoms with E-state index >= 15 is 0 Å². The Bertz CT molecular complexity index is 679. The molecule has 0 aromatic heterocycles. The summed E-state index contributed by atoms with van der Waals surface area (Å²) in [7, 11) is -3.56. The van der Waals surface area contributed by atoms with Crippen LogP contribution in [0, 0.1) is 26.7 Å². The molecule has 108 valence electrons. The second kappa shape index (κ2) is 4.17. The van der Waals surface area contributed by atoms with Gasteiger partial charge in [0.25, 0.3) is 0 Å². The Morgan fingerprint density at radius 2 is 1.75 bits per heavy atom. The summed E-state index contributed by atoms with van der Waals surface area (Å²) in [6.45, 7) is 5.61. The van der Waals surface area contributed by atoms with Gasteiger partial charge in [0.1, 0.15) is 4.75 Å². The molecule has 0 N–H and O–H groups in total. The lowest BCUT2D eigenvalue weighted by Gasteiger charge is -2.23. The highest BCUT2D eigenvalue weighted by Crippen LogP contribution is 2.59. The zero-order valence-corrected chi connectivity index (χ0v) is 13.0. The summed E-state index contributed by atoms with van der Waals surface area (Å²) in [5.74, 6) is -0.0121. The van der Waals surface area contributed by atoms with Crippen LogP contribution in [0.15, 0.2) is 17.0 Å². The van der Waals surface area contributed by atoms with Crippen LogP contribution >= 0.6 is 0 Å². The zero-order chi connectivity index (χ0) is 14.7. The molecule has 1 aromatic rings. The Labute approximate surface area is 120 Å². The third-order valence-electron chi connectivity index (χ3n) is 4.83. The second-order valence-corrected chi connectivity index (χ2v) is 8.48. The molecule has 2 aliphatic rings. The highest BCUT2D eigenvalue weighted by atomic mass is 32.2. The number of fused-ring (bicyclic) bond motifs is 1. The minimum absolute atomic E-state index is 0.0499. The first kappa shape index (κ1) is 13.8. The molecule has 1 aromatic carbocycles. The van der Waals surface area contributed by atoms with E-state index < -0.39 is 14.6 Å². The van der Waals surface area contributed by atoms with Gasteiger partial charge in [-0.15, -0.1) is 0 Å². The van der Waals surface area contributed by atoms with E-state index in [4.69, 9.17) is 0 Å². The highest BCUT2D eigenvalue weighted by molar-refractivity contribution is 7.94. The number of sulfone groups is 1. The van der Waals surface area contributed by atoms with Crippen LogP contribution in [-0.4, -0.2) is 18.9 Å². The van der Waals surface area contributed by atoms with Gasteiger partial charge in [-0.25, -0.2) is 8.42 Å². The number of Topliss-reactive ketones (excluding diaryl/α,β-unsaturated/α-hetero) is 1. The predicted octanol–water partition coefficient (Wildman–Crippen LogP) is 2.90. The predicted molar refractivity (Wildman–Crippen MR) is 77.5 cm³/mol. The van der Waals surface area contributed by atoms with Gasteiger partial charge in [-0.3, -0.25) is 4.79 Å². The van der Waals surface area contributed by atoms with Crippen molar-refractivity contribution in [3.63, 3.8) is 0 Å². The van der Waals surface area contributed by atoms with Crippen molar-refractivity contribution in [2.24, 2.45) is 5.92 Å². The summed E-state index contributed by atoms with van der Waals surface area (Å²) in [6.07, 6.45) is 2.65. The van der Waals surface area contributed by atoms with E-state index in [2.05, 4.69) is 0 Å². The molecular weight excluding hydrogens is 272 g/mol. The van der Waals surface area contributed by atoms with Crippen molar-refractivity contribution < 1.29 is 13.2 Å². The Hall–Kier alpha value is -1.16. The van der Waals surface area contributed by atoms with Crippen molar-refractivity contribution in [2.45, 2.75) is 56.1 Å². The highest BCUT2D eigenvalue weighted by Gasteiger charge is 2.69. The molecule has 0 aliphatic heterocycles.